The molecule has 0 aliphatic carbocycles. The van der Waals surface area contributed by atoms with Crippen LogP contribution in [0.4, 0.5) is 8.78 Å². The van der Waals surface area contributed by atoms with E-state index in [-0.39, 0.29) is 24.6 Å². The van der Waals surface area contributed by atoms with Crippen LogP contribution < -0.4 is 16.0 Å². The number of hydrazine groups is 1. The van der Waals surface area contributed by atoms with Gasteiger partial charge in [0, 0.05) is 0 Å². The quantitative estimate of drug-likeness (QED) is 0.630. The van der Waals surface area contributed by atoms with Gasteiger partial charge in [-0.2, -0.15) is 0 Å². The molecule has 0 radical (unpaired) electrons. The number of para-hydroxylation sites is 1. The van der Waals surface area contributed by atoms with E-state index in [1.54, 1.807) is 0 Å². The van der Waals surface area contributed by atoms with Gasteiger partial charge in [0.25, 0.3) is 0 Å². The second-order valence-electron chi connectivity index (χ2n) is 4.43. The van der Waals surface area contributed by atoms with E-state index in [1.165, 1.54) is 6.07 Å². The van der Waals surface area contributed by atoms with Crippen molar-refractivity contribution in [1.29, 1.82) is 0 Å². The number of ether oxygens (including phenoxy) is 1. The van der Waals surface area contributed by atoms with Crippen molar-refractivity contribution in [3.8, 4) is 5.75 Å². The summed E-state index contributed by atoms with van der Waals surface area (Å²) in [7, 11) is 0. The second kappa shape index (κ2) is 6.98. The molecule has 2 aromatic carbocycles. The van der Waals surface area contributed by atoms with Crippen LogP contribution in [0.15, 0.2) is 48.5 Å². The van der Waals surface area contributed by atoms with Gasteiger partial charge in [-0.05, 0) is 42.3 Å². The highest BCUT2D eigenvalue weighted by Crippen LogP contribution is 2.13. The summed E-state index contributed by atoms with van der Waals surface area (Å²) in [6.07, 6.45) is 0.243. The molecule has 1 unspecified atom stereocenters. The molecule has 3 N–H and O–H groups in total. The van der Waals surface area contributed by atoms with Crippen LogP contribution in [0.2, 0.25) is 0 Å². The summed E-state index contributed by atoms with van der Waals surface area (Å²) in [5, 5.41) is 0. The van der Waals surface area contributed by atoms with E-state index >= 15 is 0 Å². The first-order valence-corrected chi connectivity index (χ1v) is 6.27. The minimum atomic E-state index is -0.471. The zero-order valence-electron chi connectivity index (χ0n) is 10.9. The predicted molar refractivity (Wildman–Crippen MR) is 73.1 cm³/mol. The lowest BCUT2D eigenvalue weighted by atomic mass is 10.1. The van der Waals surface area contributed by atoms with Crippen LogP contribution in [0, 0.1) is 11.6 Å². The molecule has 106 valence electrons. The van der Waals surface area contributed by atoms with Gasteiger partial charge in [0.2, 0.25) is 0 Å². The fraction of sp³-hybridized carbons (Fsp3) is 0.200. The Hall–Kier alpha value is -1.98. The van der Waals surface area contributed by atoms with Gasteiger partial charge in [-0.25, -0.2) is 8.78 Å². The van der Waals surface area contributed by atoms with E-state index in [0.29, 0.717) is 5.75 Å². The molecule has 2 rings (SSSR count). The molecule has 0 aliphatic rings. The summed E-state index contributed by atoms with van der Waals surface area (Å²) in [6.45, 7) is 0.260. The van der Waals surface area contributed by atoms with Gasteiger partial charge in [0.15, 0.2) is 0 Å². The van der Waals surface area contributed by atoms with Crippen molar-refractivity contribution in [2.45, 2.75) is 12.5 Å². The van der Waals surface area contributed by atoms with Gasteiger partial charge < -0.3 is 4.74 Å². The molecule has 0 fully saturated rings. The van der Waals surface area contributed by atoms with Crippen LogP contribution in [-0.4, -0.2) is 12.6 Å². The summed E-state index contributed by atoms with van der Waals surface area (Å²) in [5.74, 6) is 5.20. The Morgan fingerprint density at radius 1 is 1.10 bits per heavy atom. The maximum Gasteiger partial charge on any atom is 0.126 e. The standard InChI is InChI=1S/C15H16F2N2O/c16-12-6-7-15(17)11(8-12)9-13(19-18)10-20-14-4-2-1-3-5-14/h1-8,13,19H,9-10,18H2. The molecule has 20 heavy (non-hydrogen) atoms. The number of nitrogens with two attached hydrogens (primary N) is 1. The molecule has 0 bridgehead atoms. The monoisotopic (exact) mass is 278 g/mol. The first-order valence-electron chi connectivity index (χ1n) is 6.27. The second-order valence-corrected chi connectivity index (χ2v) is 4.43. The van der Waals surface area contributed by atoms with Crippen LogP contribution in [0.3, 0.4) is 0 Å². The third kappa shape index (κ3) is 4.01. The molecule has 0 aromatic heterocycles. The van der Waals surface area contributed by atoms with Crippen molar-refractivity contribution in [3.05, 3.63) is 65.7 Å². The van der Waals surface area contributed by atoms with Crippen molar-refractivity contribution in [2.75, 3.05) is 6.61 Å². The van der Waals surface area contributed by atoms with E-state index in [2.05, 4.69) is 5.43 Å². The molecule has 0 spiro atoms. The molecule has 0 amide bonds. The minimum Gasteiger partial charge on any atom is -0.492 e. The van der Waals surface area contributed by atoms with E-state index in [1.807, 2.05) is 30.3 Å². The van der Waals surface area contributed by atoms with Gasteiger partial charge >= 0.3 is 0 Å². The van der Waals surface area contributed by atoms with Crippen molar-refractivity contribution in [1.82, 2.24) is 5.43 Å². The minimum absolute atomic E-state index is 0.243. The molecular formula is C15H16F2N2O. The largest absolute Gasteiger partial charge is 0.492 e. The maximum atomic E-state index is 13.6. The molecule has 0 aliphatic heterocycles. The van der Waals surface area contributed by atoms with E-state index in [0.717, 1.165) is 12.1 Å². The third-order valence-corrected chi connectivity index (χ3v) is 2.90. The topological polar surface area (TPSA) is 47.3 Å². The summed E-state index contributed by atoms with van der Waals surface area (Å²) in [5.41, 5.74) is 2.82. The van der Waals surface area contributed by atoms with Crippen LogP contribution in [-0.2, 0) is 6.42 Å². The molecule has 1 atom stereocenters. The molecule has 0 saturated heterocycles. The number of nitrogens with one attached hydrogen (secondary N) is 1. The van der Waals surface area contributed by atoms with E-state index in [4.69, 9.17) is 10.6 Å². The number of hydrogen-bond acceptors (Lipinski definition) is 3. The Labute approximate surface area is 116 Å². The molecule has 2 aromatic rings. The average molecular weight is 278 g/mol. The lowest BCUT2D eigenvalue weighted by Gasteiger charge is -2.17. The van der Waals surface area contributed by atoms with Crippen molar-refractivity contribution in [3.63, 3.8) is 0 Å². The van der Waals surface area contributed by atoms with Crippen molar-refractivity contribution in [2.24, 2.45) is 5.84 Å². The first kappa shape index (κ1) is 14.4. The molecule has 0 saturated carbocycles. The van der Waals surface area contributed by atoms with Gasteiger partial charge in [-0.1, -0.05) is 18.2 Å². The van der Waals surface area contributed by atoms with Gasteiger partial charge in [-0.15, -0.1) is 0 Å². The lowest BCUT2D eigenvalue weighted by molar-refractivity contribution is 0.263. The van der Waals surface area contributed by atoms with Crippen LogP contribution in [0.1, 0.15) is 5.56 Å². The van der Waals surface area contributed by atoms with Gasteiger partial charge in [0.05, 0.1) is 6.04 Å². The Kier molecular flexibility index (Phi) is 5.03. The Balaban J connectivity index is 1.97. The zero-order chi connectivity index (χ0) is 14.4. The number of halogens is 2. The zero-order valence-corrected chi connectivity index (χ0v) is 10.9. The van der Waals surface area contributed by atoms with Gasteiger partial charge in [-0.3, -0.25) is 11.3 Å². The Morgan fingerprint density at radius 2 is 1.85 bits per heavy atom. The number of rotatable bonds is 6. The fourth-order valence-electron chi connectivity index (χ4n) is 1.84. The number of benzene rings is 2. The highest BCUT2D eigenvalue weighted by molar-refractivity contribution is 5.22. The fourth-order valence-corrected chi connectivity index (χ4v) is 1.84. The van der Waals surface area contributed by atoms with Crippen molar-refractivity contribution < 1.29 is 13.5 Å². The molecule has 0 heterocycles. The highest BCUT2D eigenvalue weighted by Gasteiger charge is 2.12. The van der Waals surface area contributed by atoms with E-state index < -0.39 is 11.6 Å². The van der Waals surface area contributed by atoms with E-state index in [9.17, 15) is 8.78 Å². The third-order valence-electron chi connectivity index (χ3n) is 2.90. The molecular weight excluding hydrogens is 262 g/mol. The summed E-state index contributed by atoms with van der Waals surface area (Å²) in [6, 6.07) is 12.3. The van der Waals surface area contributed by atoms with Gasteiger partial charge in [0.1, 0.15) is 24.0 Å². The SMILES string of the molecule is NNC(COc1ccccc1)Cc1cc(F)ccc1F. The predicted octanol–water partition coefficient (Wildman–Crippen LogP) is 2.42. The van der Waals surface area contributed by atoms with Crippen LogP contribution in [0.25, 0.3) is 0 Å². The Bertz CT molecular complexity index is 549. The normalized spacial score (nSPS) is 12.2. The highest BCUT2D eigenvalue weighted by atomic mass is 19.1. The smallest absolute Gasteiger partial charge is 0.126 e. The maximum absolute atomic E-state index is 13.6. The molecule has 5 heteroatoms. The first-order chi connectivity index (χ1) is 9.69. The average Bonchev–Trinajstić information content (AvgIpc) is 2.48. The summed E-state index contributed by atoms with van der Waals surface area (Å²) in [4.78, 5) is 0. The van der Waals surface area contributed by atoms with Crippen molar-refractivity contribution >= 4 is 0 Å². The Morgan fingerprint density at radius 3 is 2.55 bits per heavy atom. The van der Waals surface area contributed by atoms with Crippen LogP contribution in [0.5, 0.6) is 5.75 Å². The summed E-state index contributed by atoms with van der Waals surface area (Å²) < 4.78 is 32.2. The van der Waals surface area contributed by atoms with Crippen LogP contribution >= 0.6 is 0 Å². The number of hydrogen-bond donors (Lipinski definition) is 2. The lowest BCUT2D eigenvalue weighted by Crippen LogP contribution is -2.41. The molecule has 3 nitrogen and oxygen atoms in total. The summed E-state index contributed by atoms with van der Waals surface area (Å²) >= 11 is 0.